The number of nitrogens with zero attached hydrogens (tertiary/aromatic N) is 2. The molecule has 0 bridgehead atoms. The molecule has 1 aliphatic rings. The van der Waals surface area contributed by atoms with E-state index in [2.05, 4.69) is 4.98 Å². The molecule has 10 heteroatoms. The maximum atomic E-state index is 13.0. The fourth-order valence-corrected chi connectivity index (χ4v) is 4.92. The van der Waals surface area contributed by atoms with Crippen molar-refractivity contribution in [3.05, 3.63) is 54.4 Å². The van der Waals surface area contributed by atoms with Gasteiger partial charge in [-0.1, -0.05) is 0 Å². The van der Waals surface area contributed by atoms with Crippen LogP contribution in [0, 0.1) is 0 Å². The highest BCUT2D eigenvalue weighted by molar-refractivity contribution is 7.89. The number of benzene rings is 1. The number of hydroxylamine groups is 1. The summed E-state index contributed by atoms with van der Waals surface area (Å²) in [6.07, 6.45) is 3.58. The predicted octanol–water partition coefficient (Wildman–Crippen LogP) is 0.722. The number of hydrogen-bond acceptors (Lipinski definition) is 7. The minimum Gasteiger partial charge on any atom is -0.493 e. The molecule has 2 heterocycles. The van der Waals surface area contributed by atoms with Gasteiger partial charge in [-0.2, -0.15) is 4.31 Å². The molecule has 3 N–H and O–H groups in total. The number of ether oxygens (including phenoxy) is 1. The number of amides is 1. The second-order valence-electron chi connectivity index (χ2n) is 6.67. The van der Waals surface area contributed by atoms with Crippen LogP contribution in [0.2, 0.25) is 0 Å². The van der Waals surface area contributed by atoms with Crippen molar-refractivity contribution in [3.63, 3.8) is 0 Å². The molecule has 2 aromatic rings. The van der Waals surface area contributed by atoms with E-state index >= 15 is 0 Å². The summed E-state index contributed by atoms with van der Waals surface area (Å²) in [7, 11) is -4.04. The second-order valence-corrected chi connectivity index (χ2v) is 8.56. The Morgan fingerprint density at radius 2 is 1.90 bits per heavy atom. The number of carbonyl (C=O) groups excluding carboxylic acids is 1. The summed E-state index contributed by atoms with van der Waals surface area (Å²) in [6, 6.07) is 8.28. The molecule has 1 saturated heterocycles. The highest BCUT2D eigenvalue weighted by Crippen LogP contribution is 2.27. The van der Waals surface area contributed by atoms with Crippen molar-refractivity contribution in [2.45, 2.75) is 36.3 Å². The average Bonchev–Trinajstić information content (AvgIpc) is 2.74. The maximum Gasteiger partial charge on any atom is 0.264 e. The van der Waals surface area contributed by atoms with Crippen LogP contribution in [-0.4, -0.2) is 59.2 Å². The Morgan fingerprint density at radius 1 is 1.21 bits per heavy atom. The van der Waals surface area contributed by atoms with E-state index in [0.717, 1.165) is 9.87 Å². The highest BCUT2D eigenvalue weighted by atomic mass is 32.2. The average molecular weight is 421 g/mol. The summed E-state index contributed by atoms with van der Waals surface area (Å²) in [5, 5.41) is 19.0. The Labute approximate surface area is 169 Å². The summed E-state index contributed by atoms with van der Waals surface area (Å²) in [5.74, 6) is -0.446. The molecule has 0 saturated carbocycles. The van der Waals surface area contributed by atoms with Crippen LogP contribution in [0.4, 0.5) is 0 Å². The van der Waals surface area contributed by atoms with Crippen LogP contribution in [0.1, 0.15) is 18.4 Å². The number of nitrogens with one attached hydrogen (secondary N) is 1. The Balaban J connectivity index is 1.69. The fraction of sp³-hybridized carbons (Fsp3) is 0.368. The lowest BCUT2D eigenvalue weighted by Gasteiger charge is -2.36. The van der Waals surface area contributed by atoms with E-state index in [1.54, 1.807) is 24.5 Å². The standard InChI is InChI=1S/C19H23N3O6S/c23-17-2-1-12-22(18(17)19(24)21-25)29(26,27)16-5-3-15(4-6-16)28-13-9-14-7-10-20-11-8-14/h3-8,10-11,17-18,23,25H,1-2,9,12-13H2,(H,21,24)/t17-,18+/m0/s1. The maximum absolute atomic E-state index is 13.0. The van der Waals surface area contributed by atoms with Gasteiger partial charge in [0.05, 0.1) is 17.6 Å². The number of aliphatic hydroxyl groups excluding tert-OH is 1. The Bertz CT molecular complexity index is 921. The van der Waals surface area contributed by atoms with Gasteiger partial charge in [-0.3, -0.25) is 15.0 Å². The zero-order chi connectivity index (χ0) is 20.9. The van der Waals surface area contributed by atoms with Crippen LogP contribution < -0.4 is 10.2 Å². The van der Waals surface area contributed by atoms with Gasteiger partial charge in [-0.05, 0) is 54.8 Å². The summed E-state index contributed by atoms with van der Waals surface area (Å²) in [6.45, 7) is 0.495. The first-order valence-electron chi connectivity index (χ1n) is 9.19. The number of piperidine rings is 1. The monoisotopic (exact) mass is 421 g/mol. The van der Waals surface area contributed by atoms with Crippen molar-refractivity contribution in [2.75, 3.05) is 13.2 Å². The molecule has 0 aliphatic carbocycles. The van der Waals surface area contributed by atoms with Crippen LogP contribution in [0.3, 0.4) is 0 Å². The number of sulfonamides is 1. The smallest absolute Gasteiger partial charge is 0.264 e. The number of carbonyl (C=O) groups is 1. The summed E-state index contributed by atoms with van der Waals surface area (Å²) >= 11 is 0. The van der Waals surface area contributed by atoms with Gasteiger partial charge in [-0.25, -0.2) is 13.9 Å². The molecule has 1 amide bonds. The molecular weight excluding hydrogens is 398 g/mol. The van der Waals surface area contributed by atoms with E-state index in [9.17, 15) is 18.3 Å². The molecular formula is C19H23N3O6S. The molecule has 1 aliphatic heterocycles. The van der Waals surface area contributed by atoms with Crippen molar-refractivity contribution in [3.8, 4) is 5.75 Å². The third-order valence-corrected chi connectivity index (χ3v) is 6.67. The Morgan fingerprint density at radius 3 is 2.55 bits per heavy atom. The minimum atomic E-state index is -4.04. The number of hydrogen-bond donors (Lipinski definition) is 3. The van der Waals surface area contributed by atoms with Crippen molar-refractivity contribution < 1.29 is 28.3 Å². The van der Waals surface area contributed by atoms with E-state index in [4.69, 9.17) is 9.94 Å². The van der Waals surface area contributed by atoms with Gasteiger partial charge in [-0.15, -0.1) is 0 Å². The first-order chi connectivity index (χ1) is 13.9. The SMILES string of the molecule is O=C(NO)[C@H]1[C@@H](O)CCCN1S(=O)(=O)c1ccc(OCCc2ccncc2)cc1. The van der Waals surface area contributed by atoms with E-state index < -0.39 is 28.1 Å². The molecule has 0 spiro atoms. The Kier molecular flexibility index (Phi) is 6.80. The lowest BCUT2D eigenvalue weighted by Crippen LogP contribution is -2.57. The molecule has 2 atom stereocenters. The number of pyridine rings is 1. The third kappa shape index (κ3) is 4.91. The van der Waals surface area contributed by atoms with Crippen molar-refractivity contribution in [1.82, 2.24) is 14.8 Å². The largest absolute Gasteiger partial charge is 0.493 e. The lowest BCUT2D eigenvalue weighted by molar-refractivity contribution is -0.138. The van der Waals surface area contributed by atoms with Crippen LogP contribution in [0.5, 0.6) is 5.75 Å². The molecule has 9 nitrogen and oxygen atoms in total. The minimum absolute atomic E-state index is 0.0242. The van der Waals surface area contributed by atoms with E-state index in [1.165, 1.54) is 17.6 Å². The molecule has 0 unspecified atom stereocenters. The molecule has 156 valence electrons. The molecule has 1 aromatic carbocycles. The number of rotatable bonds is 7. The van der Waals surface area contributed by atoms with Gasteiger partial charge < -0.3 is 9.84 Å². The summed E-state index contributed by atoms with van der Waals surface area (Å²) in [5.41, 5.74) is 2.52. The molecule has 1 aromatic heterocycles. The number of aromatic nitrogens is 1. The van der Waals surface area contributed by atoms with Gasteiger partial charge in [0.1, 0.15) is 11.8 Å². The fourth-order valence-electron chi connectivity index (χ4n) is 3.27. The molecule has 1 fully saturated rings. The van der Waals surface area contributed by atoms with Crippen molar-refractivity contribution in [2.24, 2.45) is 0 Å². The van der Waals surface area contributed by atoms with Gasteiger partial charge >= 0.3 is 0 Å². The first kappa shape index (κ1) is 21.2. The second kappa shape index (κ2) is 9.31. The molecule has 3 rings (SSSR count). The van der Waals surface area contributed by atoms with Crippen LogP contribution in [0.25, 0.3) is 0 Å². The molecule has 0 radical (unpaired) electrons. The van der Waals surface area contributed by atoms with Crippen LogP contribution >= 0.6 is 0 Å². The predicted molar refractivity (Wildman–Crippen MR) is 103 cm³/mol. The Hall–Kier alpha value is -2.53. The third-order valence-electron chi connectivity index (χ3n) is 4.77. The number of aliphatic hydroxyl groups is 1. The first-order valence-corrected chi connectivity index (χ1v) is 10.6. The van der Waals surface area contributed by atoms with Gasteiger partial charge in [0.15, 0.2) is 0 Å². The van der Waals surface area contributed by atoms with Gasteiger partial charge in [0.2, 0.25) is 10.0 Å². The zero-order valence-corrected chi connectivity index (χ0v) is 16.5. The molecule has 29 heavy (non-hydrogen) atoms. The van der Waals surface area contributed by atoms with E-state index in [-0.39, 0.29) is 17.9 Å². The topological polar surface area (TPSA) is 129 Å². The highest BCUT2D eigenvalue weighted by Gasteiger charge is 2.42. The van der Waals surface area contributed by atoms with Crippen molar-refractivity contribution >= 4 is 15.9 Å². The summed E-state index contributed by atoms with van der Waals surface area (Å²) in [4.78, 5) is 15.8. The van der Waals surface area contributed by atoms with Gasteiger partial charge in [0, 0.05) is 25.4 Å². The lowest BCUT2D eigenvalue weighted by atomic mass is 10.0. The van der Waals surface area contributed by atoms with Gasteiger partial charge in [0.25, 0.3) is 5.91 Å². The van der Waals surface area contributed by atoms with Crippen LogP contribution in [-0.2, 0) is 21.2 Å². The van der Waals surface area contributed by atoms with Crippen molar-refractivity contribution in [1.29, 1.82) is 0 Å². The van der Waals surface area contributed by atoms with Crippen LogP contribution in [0.15, 0.2) is 53.7 Å². The van der Waals surface area contributed by atoms with E-state index in [1.807, 2.05) is 12.1 Å². The normalized spacial score (nSPS) is 20.2. The quantitative estimate of drug-likeness (QED) is 0.444. The summed E-state index contributed by atoms with van der Waals surface area (Å²) < 4.78 is 32.5. The zero-order valence-electron chi connectivity index (χ0n) is 15.6. The van der Waals surface area contributed by atoms with E-state index in [0.29, 0.717) is 25.2 Å².